The third-order valence-corrected chi connectivity index (χ3v) is 2.20. The number of thiocarbonyl (C=S) groups is 1. The van der Waals surface area contributed by atoms with Crippen LogP contribution in [0.4, 0.5) is 0 Å². The first-order valence-corrected chi connectivity index (χ1v) is 4.55. The first-order chi connectivity index (χ1) is 7.08. The summed E-state index contributed by atoms with van der Waals surface area (Å²) in [5.41, 5.74) is 5.31. The van der Waals surface area contributed by atoms with Crippen molar-refractivity contribution >= 4 is 28.2 Å². The molecule has 0 bridgehead atoms. The molecule has 4 nitrogen and oxygen atoms in total. The zero-order chi connectivity index (χ0) is 11.0. The normalized spacial score (nSPS) is 10.4. The Kier molecular flexibility index (Phi) is 2.17. The number of aromatic hydroxyl groups is 1. The summed E-state index contributed by atoms with van der Waals surface area (Å²) in [5.74, 6) is 0.0882. The highest BCUT2D eigenvalue weighted by molar-refractivity contribution is 7.80. The lowest BCUT2D eigenvalue weighted by Gasteiger charge is -2.00. The number of rotatable bonds is 1. The van der Waals surface area contributed by atoms with Crippen molar-refractivity contribution in [3.8, 4) is 5.75 Å². The van der Waals surface area contributed by atoms with Crippen molar-refractivity contribution in [3.05, 3.63) is 40.2 Å². The van der Waals surface area contributed by atoms with E-state index < -0.39 is 5.63 Å². The fraction of sp³-hybridized carbons (Fsp3) is 0. The second-order valence-corrected chi connectivity index (χ2v) is 3.47. The molecule has 0 aliphatic rings. The van der Waals surface area contributed by atoms with E-state index in [1.165, 1.54) is 24.3 Å². The van der Waals surface area contributed by atoms with Crippen LogP contribution in [-0.2, 0) is 0 Å². The number of hydrogen-bond acceptors (Lipinski definition) is 4. The van der Waals surface area contributed by atoms with Gasteiger partial charge in [-0.05, 0) is 24.3 Å². The predicted molar refractivity (Wildman–Crippen MR) is 60.0 cm³/mol. The Hall–Kier alpha value is -1.88. The molecule has 76 valence electrons. The van der Waals surface area contributed by atoms with Gasteiger partial charge in [-0.3, -0.25) is 0 Å². The minimum Gasteiger partial charge on any atom is -0.508 e. The molecule has 2 rings (SSSR count). The van der Waals surface area contributed by atoms with Crippen LogP contribution in [0.25, 0.3) is 11.0 Å². The van der Waals surface area contributed by atoms with Gasteiger partial charge in [-0.25, -0.2) is 4.79 Å². The van der Waals surface area contributed by atoms with Crippen molar-refractivity contribution in [2.45, 2.75) is 0 Å². The predicted octanol–water partition coefficient (Wildman–Crippen LogP) is 1.13. The van der Waals surface area contributed by atoms with Gasteiger partial charge in [0.15, 0.2) is 0 Å². The lowest BCUT2D eigenvalue weighted by atomic mass is 10.2. The van der Waals surface area contributed by atoms with E-state index in [1.807, 2.05) is 0 Å². The maximum atomic E-state index is 11.4. The van der Waals surface area contributed by atoms with E-state index in [9.17, 15) is 9.90 Å². The van der Waals surface area contributed by atoms with Crippen LogP contribution in [0.2, 0.25) is 0 Å². The summed E-state index contributed by atoms with van der Waals surface area (Å²) in [5, 5.41) is 9.83. The molecule has 0 aliphatic carbocycles. The van der Waals surface area contributed by atoms with Crippen LogP contribution in [0.3, 0.4) is 0 Å². The number of benzene rings is 1. The van der Waals surface area contributed by atoms with Gasteiger partial charge in [-0.15, -0.1) is 0 Å². The molecular weight excluding hydrogens is 214 g/mol. The Morgan fingerprint density at radius 3 is 2.80 bits per heavy atom. The molecule has 1 aromatic carbocycles. The molecule has 3 N–H and O–H groups in total. The number of fused-ring (bicyclic) bond motifs is 1. The maximum absolute atomic E-state index is 11.4. The molecule has 2 aromatic rings. The lowest BCUT2D eigenvalue weighted by molar-refractivity contribution is 0.475. The van der Waals surface area contributed by atoms with Crippen molar-refractivity contribution in [2.75, 3.05) is 0 Å². The summed E-state index contributed by atoms with van der Waals surface area (Å²) >= 11 is 4.70. The van der Waals surface area contributed by atoms with Gasteiger partial charge in [0.2, 0.25) is 0 Å². The Morgan fingerprint density at radius 1 is 1.40 bits per heavy atom. The molecule has 0 aliphatic heterocycles. The van der Waals surface area contributed by atoms with Crippen LogP contribution in [0.1, 0.15) is 5.56 Å². The maximum Gasteiger partial charge on any atom is 0.346 e. The van der Waals surface area contributed by atoms with Gasteiger partial charge in [0.25, 0.3) is 0 Å². The molecule has 1 heterocycles. The van der Waals surface area contributed by atoms with Gasteiger partial charge >= 0.3 is 5.63 Å². The largest absolute Gasteiger partial charge is 0.508 e. The average molecular weight is 221 g/mol. The highest BCUT2D eigenvalue weighted by Crippen LogP contribution is 2.19. The smallest absolute Gasteiger partial charge is 0.346 e. The quantitative estimate of drug-likeness (QED) is 0.557. The second kappa shape index (κ2) is 3.36. The number of nitrogens with two attached hydrogens (primary N) is 1. The lowest BCUT2D eigenvalue weighted by Crippen LogP contribution is -2.19. The van der Waals surface area contributed by atoms with Crippen LogP contribution < -0.4 is 11.4 Å². The highest BCUT2D eigenvalue weighted by Gasteiger charge is 2.07. The Morgan fingerprint density at radius 2 is 2.13 bits per heavy atom. The second-order valence-electron chi connectivity index (χ2n) is 3.03. The Balaban J connectivity index is 2.83. The molecule has 0 saturated heterocycles. The Labute approximate surface area is 89.9 Å². The monoisotopic (exact) mass is 221 g/mol. The summed E-state index contributed by atoms with van der Waals surface area (Å²) in [4.78, 5) is 11.3. The molecule has 0 spiro atoms. The van der Waals surface area contributed by atoms with E-state index in [-0.39, 0.29) is 16.3 Å². The van der Waals surface area contributed by atoms with Gasteiger partial charge in [0.05, 0.1) is 5.56 Å². The summed E-state index contributed by atoms with van der Waals surface area (Å²) in [6, 6.07) is 5.92. The zero-order valence-corrected chi connectivity index (χ0v) is 8.38. The molecule has 1 aromatic heterocycles. The fourth-order valence-electron chi connectivity index (χ4n) is 1.28. The standard InChI is InChI=1S/C10H7NO3S/c11-9(15)7-4-5-3-6(12)1-2-8(5)14-10(7)13/h1-4,12H,(H2,11,15). The molecular formula is C10H7NO3S. The Bertz CT molecular complexity index is 603. The van der Waals surface area contributed by atoms with Crippen LogP contribution in [0.15, 0.2) is 33.5 Å². The topological polar surface area (TPSA) is 76.5 Å². The zero-order valence-electron chi connectivity index (χ0n) is 7.56. The van der Waals surface area contributed by atoms with Crippen LogP contribution >= 0.6 is 12.2 Å². The molecule has 0 radical (unpaired) electrons. The van der Waals surface area contributed by atoms with Crippen molar-refractivity contribution in [3.63, 3.8) is 0 Å². The van der Waals surface area contributed by atoms with Gasteiger partial charge in [0, 0.05) is 5.39 Å². The van der Waals surface area contributed by atoms with Gasteiger partial charge < -0.3 is 15.3 Å². The molecule has 0 amide bonds. The van der Waals surface area contributed by atoms with Gasteiger partial charge in [-0.1, -0.05) is 12.2 Å². The van der Waals surface area contributed by atoms with E-state index in [4.69, 9.17) is 22.4 Å². The molecule has 0 atom stereocenters. The van der Waals surface area contributed by atoms with Crippen molar-refractivity contribution < 1.29 is 9.52 Å². The number of phenols is 1. The van der Waals surface area contributed by atoms with E-state index in [0.717, 1.165) is 0 Å². The SMILES string of the molecule is NC(=S)c1cc2cc(O)ccc2oc1=O. The van der Waals surface area contributed by atoms with Crippen LogP contribution in [-0.4, -0.2) is 10.1 Å². The third-order valence-electron chi connectivity index (χ3n) is 1.98. The average Bonchev–Trinajstić information content (AvgIpc) is 2.17. The molecule has 0 fully saturated rings. The summed E-state index contributed by atoms with van der Waals surface area (Å²) in [6.45, 7) is 0. The first-order valence-electron chi connectivity index (χ1n) is 4.14. The van der Waals surface area contributed by atoms with E-state index >= 15 is 0 Å². The van der Waals surface area contributed by atoms with E-state index in [2.05, 4.69) is 0 Å². The van der Waals surface area contributed by atoms with Crippen molar-refractivity contribution in [2.24, 2.45) is 5.73 Å². The molecule has 0 unspecified atom stereocenters. The fourth-order valence-corrected chi connectivity index (χ4v) is 1.42. The minimum atomic E-state index is -0.569. The first kappa shape index (κ1) is 9.67. The third kappa shape index (κ3) is 1.69. The number of phenolic OH excluding ortho intramolecular Hbond substituents is 1. The summed E-state index contributed by atoms with van der Waals surface area (Å²) in [7, 11) is 0. The summed E-state index contributed by atoms with van der Waals surface area (Å²) < 4.78 is 4.97. The molecule has 0 saturated carbocycles. The minimum absolute atomic E-state index is 0.0195. The van der Waals surface area contributed by atoms with E-state index in [1.54, 1.807) is 0 Å². The molecule has 15 heavy (non-hydrogen) atoms. The summed E-state index contributed by atoms with van der Waals surface area (Å²) in [6.07, 6.45) is 0. The van der Waals surface area contributed by atoms with Crippen molar-refractivity contribution in [1.82, 2.24) is 0 Å². The van der Waals surface area contributed by atoms with Gasteiger partial charge in [0.1, 0.15) is 16.3 Å². The van der Waals surface area contributed by atoms with Crippen LogP contribution in [0.5, 0.6) is 5.75 Å². The van der Waals surface area contributed by atoms with Crippen molar-refractivity contribution in [1.29, 1.82) is 0 Å². The van der Waals surface area contributed by atoms with E-state index in [0.29, 0.717) is 11.0 Å². The van der Waals surface area contributed by atoms with Gasteiger partial charge in [-0.2, -0.15) is 0 Å². The van der Waals surface area contributed by atoms with Crippen LogP contribution in [0, 0.1) is 0 Å². The number of hydrogen-bond donors (Lipinski definition) is 2. The molecule has 5 heteroatoms. The highest BCUT2D eigenvalue weighted by atomic mass is 32.1.